The molecule has 238 valence electrons. The molecule has 13 heteroatoms. The first-order valence-corrected chi connectivity index (χ1v) is 15.0. The molecule has 0 saturated carbocycles. The molecule has 0 radical (unpaired) electrons. The van der Waals surface area contributed by atoms with Gasteiger partial charge in [0.05, 0.1) is 62.6 Å². The van der Waals surface area contributed by atoms with Gasteiger partial charge in [0.25, 0.3) is 0 Å². The van der Waals surface area contributed by atoms with Crippen LogP contribution in [0, 0.1) is 15.9 Å². The monoisotopic (exact) mass is 634 g/mol. The van der Waals surface area contributed by atoms with Crippen LogP contribution in [0.5, 0.6) is 0 Å². The van der Waals surface area contributed by atoms with Crippen molar-refractivity contribution in [2.45, 2.75) is 26.3 Å². The molecule has 12 nitrogen and oxygen atoms in total. The topological polar surface area (TPSA) is 141 Å². The van der Waals surface area contributed by atoms with Crippen LogP contribution >= 0.6 is 0 Å². The van der Waals surface area contributed by atoms with Crippen LogP contribution in [0.3, 0.4) is 0 Å². The zero-order valence-corrected chi connectivity index (χ0v) is 26.2. The van der Waals surface area contributed by atoms with Crippen molar-refractivity contribution in [3.05, 3.63) is 118 Å². The third-order valence-corrected chi connectivity index (χ3v) is 7.84. The molecule has 0 fully saturated rings. The Bertz CT molecular complexity index is 2120. The van der Waals surface area contributed by atoms with Crippen LogP contribution in [0.2, 0.25) is 0 Å². The summed E-state index contributed by atoms with van der Waals surface area (Å²) in [6.45, 7) is 3.21. The summed E-state index contributed by atoms with van der Waals surface area (Å²) < 4.78 is 15.9. The van der Waals surface area contributed by atoms with E-state index >= 15 is 0 Å². The van der Waals surface area contributed by atoms with Crippen molar-refractivity contribution < 1.29 is 18.6 Å². The number of quaternary nitrogens is 1. The van der Waals surface area contributed by atoms with Crippen LogP contribution in [-0.4, -0.2) is 72.8 Å². The molecule has 1 N–H and O–H groups in total. The molecule has 5 aromatic rings. The number of aliphatic imine (C=N–C) groups is 1. The van der Waals surface area contributed by atoms with Crippen molar-refractivity contribution in [3.8, 4) is 0 Å². The number of benzene rings is 2. The second kappa shape index (κ2) is 13.0. The summed E-state index contributed by atoms with van der Waals surface area (Å²) >= 11 is 0. The smallest absolute Gasteiger partial charge is 0.358 e. The molecular weight excluding hydrogens is 601 g/mol. The Hall–Kier alpha value is -5.69. The third kappa shape index (κ3) is 7.42. The van der Waals surface area contributed by atoms with Crippen molar-refractivity contribution in [2.75, 3.05) is 32.5 Å². The molecule has 0 aliphatic carbocycles. The zero-order chi connectivity index (χ0) is 33.1. The van der Waals surface area contributed by atoms with Crippen molar-refractivity contribution >= 4 is 44.8 Å². The minimum atomic E-state index is -0.431. The van der Waals surface area contributed by atoms with Gasteiger partial charge in [0.15, 0.2) is 5.78 Å². The van der Waals surface area contributed by atoms with Crippen LogP contribution in [0.25, 0.3) is 21.8 Å². The van der Waals surface area contributed by atoms with Crippen LogP contribution in [0.4, 0.5) is 15.9 Å². The molecule has 0 saturated heterocycles. The van der Waals surface area contributed by atoms with Gasteiger partial charge >= 0.3 is 5.82 Å². The molecule has 47 heavy (non-hydrogen) atoms. The van der Waals surface area contributed by atoms with Gasteiger partial charge in [-0.05, 0) is 71.0 Å². The Morgan fingerprint density at radius 1 is 1.13 bits per heavy atom. The Kier molecular flexibility index (Phi) is 8.63. The minimum Gasteiger partial charge on any atom is -0.358 e. The predicted molar refractivity (Wildman–Crippen MR) is 177 cm³/mol. The first-order valence-electron chi connectivity index (χ1n) is 15.0. The van der Waals surface area contributed by atoms with Crippen LogP contribution in [0.15, 0.2) is 95.8 Å². The fourth-order valence-corrected chi connectivity index (χ4v) is 5.71. The van der Waals surface area contributed by atoms with Gasteiger partial charge in [-0.2, -0.15) is 5.10 Å². The zero-order valence-electron chi connectivity index (χ0n) is 26.2. The van der Waals surface area contributed by atoms with Gasteiger partial charge < -0.3 is 19.9 Å². The highest BCUT2D eigenvalue weighted by atomic mass is 19.1. The average Bonchev–Trinajstić information content (AvgIpc) is 3.59. The lowest BCUT2D eigenvalue weighted by Gasteiger charge is -2.28. The number of pyridine rings is 1. The quantitative estimate of drug-likeness (QED) is 0.0832. The van der Waals surface area contributed by atoms with Crippen LogP contribution in [0.1, 0.15) is 24.6 Å². The summed E-state index contributed by atoms with van der Waals surface area (Å²) in [5.41, 5.74) is 5.16. The lowest BCUT2D eigenvalue weighted by Crippen LogP contribution is -2.41. The molecule has 0 amide bonds. The third-order valence-electron chi connectivity index (χ3n) is 7.84. The summed E-state index contributed by atoms with van der Waals surface area (Å²) in [7, 11) is 3.92. The fourth-order valence-electron chi connectivity index (χ4n) is 5.71. The van der Waals surface area contributed by atoms with Crippen molar-refractivity contribution in [2.24, 2.45) is 4.99 Å². The van der Waals surface area contributed by atoms with Gasteiger partial charge in [-0.15, -0.1) is 0 Å². The van der Waals surface area contributed by atoms with E-state index in [-0.39, 0.29) is 23.8 Å². The Balaban J connectivity index is 1.12. The van der Waals surface area contributed by atoms with Crippen molar-refractivity contribution in [1.82, 2.24) is 24.7 Å². The number of carbonyl (C=O) groups excluding carboxylic acids is 1. The molecule has 0 spiro atoms. The summed E-state index contributed by atoms with van der Waals surface area (Å²) in [5, 5.41) is 20.8. The maximum absolute atomic E-state index is 13.7. The average molecular weight is 635 g/mol. The summed E-state index contributed by atoms with van der Waals surface area (Å²) in [6.07, 6.45) is 8.77. The maximum atomic E-state index is 13.7. The predicted octanol–water partition coefficient (Wildman–Crippen LogP) is 5.40. The van der Waals surface area contributed by atoms with Crippen LogP contribution < -0.4 is 5.32 Å². The SMILES string of the molecule is CC1=NC([N+](=O)[O-])=C(C[N+](C)(C)C/C=C/C(=O)Cc2cc3c(Nc4ccc5c(cnn5Cc5cccc(F)c5)c4)ncnc3cn2)C1. The number of rotatable bonds is 12. The highest BCUT2D eigenvalue weighted by Crippen LogP contribution is 2.27. The van der Waals surface area contributed by atoms with E-state index in [2.05, 4.69) is 30.4 Å². The van der Waals surface area contributed by atoms with E-state index in [9.17, 15) is 19.3 Å². The number of halogens is 1. The number of nitro groups is 1. The molecule has 0 unspecified atom stereocenters. The fraction of sp³-hybridized carbons (Fsp3) is 0.235. The highest BCUT2D eigenvalue weighted by Gasteiger charge is 2.31. The van der Waals surface area contributed by atoms with Gasteiger partial charge in [0.1, 0.15) is 30.2 Å². The number of likely N-dealkylation sites (N-methyl/N-ethyl adjacent to an activating group) is 1. The summed E-state index contributed by atoms with van der Waals surface area (Å²) in [4.78, 5) is 41.1. The lowest BCUT2D eigenvalue weighted by atomic mass is 10.1. The number of ketones is 1. The van der Waals surface area contributed by atoms with Gasteiger partial charge in [-0.3, -0.25) is 14.5 Å². The number of carbonyl (C=O) groups is 1. The standard InChI is InChI=1S/C34H33FN9O3/c1-22-12-25(34(40-22)43(46)47)20-44(2,3)11-5-8-29(45)15-28-16-30-31(18-36-28)37-21-38-33(30)41-27-9-10-32-24(14-27)17-39-42(32)19-23-6-4-7-26(35)13-23/h4-10,13-14,16-18,21H,11-12,15,19-20H2,1-3H3,(H,37,38,41)/q+1/b8-5+. The molecular formula is C34H33FN9O3+. The molecule has 1 aliphatic rings. The van der Waals surface area contributed by atoms with Crippen molar-refractivity contribution in [3.63, 3.8) is 0 Å². The molecule has 4 heterocycles. The molecule has 2 aromatic carbocycles. The Morgan fingerprint density at radius 2 is 1.98 bits per heavy atom. The van der Waals surface area contributed by atoms with E-state index in [0.717, 1.165) is 33.3 Å². The number of hydrogen-bond acceptors (Lipinski definition) is 9. The molecule has 0 atom stereocenters. The number of allylic oxidation sites excluding steroid dienone is 1. The maximum Gasteiger partial charge on any atom is 0.368 e. The van der Waals surface area contributed by atoms with Crippen molar-refractivity contribution in [1.29, 1.82) is 0 Å². The number of nitrogens with zero attached hydrogens (tertiary/aromatic N) is 8. The van der Waals surface area contributed by atoms with Gasteiger partial charge in [0, 0.05) is 28.6 Å². The van der Waals surface area contributed by atoms with E-state index < -0.39 is 4.92 Å². The second-order valence-electron chi connectivity index (χ2n) is 12.3. The largest absolute Gasteiger partial charge is 0.368 e. The van der Waals surface area contributed by atoms with E-state index in [1.807, 2.05) is 49.1 Å². The number of fused-ring (bicyclic) bond motifs is 2. The number of nitrogens with one attached hydrogen (secondary N) is 1. The van der Waals surface area contributed by atoms with E-state index in [4.69, 9.17) is 0 Å². The Labute approximate surface area is 269 Å². The highest BCUT2D eigenvalue weighted by molar-refractivity contribution is 5.94. The van der Waals surface area contributed by atoms with Gasteiger partial charge in [-0.1, -0.05) is 12.1 Å². The van der Waals surface area contributed by atoms with Gasteiger partial charge in [0.2, 0.25) is 0 Å². The number of aromatic nitrogens is 5. The normalized spacial score (nSPS) is 13.6. The summed E-state index contributed by atoms with van der Waals surface area (Å²) in [5.74, 6) is 0.107. The number of hydrogen-bond donors (Lipinski definition) is 1. The number of anilines is 2. The first kappa shape index (κ1) is 31.3. The van der Waals surface area contributed by atoms with Gasteiger partial charge in [-0.25, -0.2) is 14.4 Å². The van der Waals surface area contributed by atoms with E-state index in [1.54, 1.807) is 31.5 Å². The second-order valence-corrected chi connectivity index (χ2v) is 12.3. The minimum absolute atomic E-state index is 0.0664. The molecule has 3 aromatic heterocycles. The molecule has 0 bridgehead atoms. The van der Waals surface area contributed by atoms with E-state index in [0.29, 0.717) is 53.1 Å². The van der Waals surface area contributed by atoms with Crippen LogP contribution in [-0.2, 0) is 17.8 Å². The van der Waals surface area contributed by atoms with E-state index in [1.165, 1.54) is 24.5 Å². The molecule has 1 aliphatic heterocycles. The Morgan fingerprint density at radius 3 is 2.79 bits per heavy atom. The molecule has 6 rings (SSSR count). The summed E-state index contributed by atoms with van der Waals surface area (Å²) in [6, 6.07) is 14.1. The lowest BCUT2D eigenvalue weighted by molar-refractivity contribution is -0.880. The first-order chi connectivity index (χ1) is 22.5.